The third kappa shape index (κ3) is 4.01. The Kier molecular flexibility index (Phi) is 5.46. The second kappa shape index (κ2) is 6.72. The summed E-state index contributed by atoms with van der Waals surface area (Å²) < 4.78 is 0. The summed E-state index contributed by atoms with van der Waals surface area (Å²) in [6.45, 7) is 5.90. The van der Waals surface area contributed by atoms with Crippen LogP contribution in [0.3, 0.4) is 0 Å². The van der Waals surface area contributed by atoms with Crippen LogP contribution in [0.4, 0.5) is 0 Å². The molecule has 0 N–H and O–H groups in total. The van der Waals surface area contributed by atoms with Crippen molar-refractivity contribution >= 4 is 11.8 Å². The molecule has 0 aliphatic rings. The Bertz CT molecular complexity index is 278. The van der Waals surface area contributed by atoms with Gasteiger partial charge in [0.25, 0.3) is 0 Å². The maximum Gasteiger partial charge on any atom is 0.0101 e. The van der Waals surface area contributed by atoms with Gasteiger partial charge in [-0.2, -0.15) is 0 Å². The molecule has 0 radical (unpaired) electrons. The number of hydrogen-bond donors (Lipinski definition) is 0. The molecule has 1 aromatic carbocycles. The molecule has 0 spiro atoms. The standard InChI is InChI=1S/C13H18S/c1-3-4-5-8-11-14-13-10-7-6-9-12(13)2/h3,6-7,9-10H,1,4-5,8,11H2,2H3. The third-order valence-corrected chi connectivity index (χ3v) is 3.42. The molecule has 0 nitrogen and oxygen atoms in total. The van der Waals surface area contributed by atoms with Gasteiger partial charge in [0.2, 0.25) is 0 Å². The first-order chi connectivity index (χ1) is 6.84. The average molecular weight is 206 g/mol. The molecule has 0 aliphatic carbocycles. The van der Waals surface area contributed by atoms with Gasteiger partial charge in [-0.25, -0.2) is 0 Å². The van der Waals surface area contributed by atoms with E-state index in [1.165, 1.54) is 29.1 Å². The normalized spacial score (nSPS) is 10.1. The van der Waals surface area contributed by atoms with Gasteiger partial charge in [-0.3, -0.25) is 0 Å². The van der Waals surface area contributed by atoms with Crippen LogP contribution in [0.5, 0.6) is 0 Å². The lowest BCUT2D eigenvalue weighted by Gasteiger charge is -2.04. The molecule has 14 heavy (non-hydrogen) atoms. The summed E-state index contributed by atoms with van der Waals surface area (Å²) in [4.78, 5) is 1.42. The van der Waals surface area contributed by atoms with E-state index in [4.69, 9.17) is 0 Å². The monoisotopic (exact) mass is 206 g/mol. The van der Waals surface area contributed by atoms with Crippen molar-refractivity contribution in [1.82, 2.24) is 0 Å². The Balaban J connectivity index is 2.24. The maximum atomic E-state index is 3.72. The Hall–Kier alpha value is -0.690. The van der Waals surface area contributed by atoms with Gasteiger partial charge in [0.1, 0.15) is 0 Å². The maximum absolute atomic E-state index is 3.72. The molecular formula is C13H18S. The highest BCUT2D eigenvalue weighted by Gasteiger charge is 1.96. The van der Waals surface area contributed by atoms with Crippen molar-refractivity contribution in [3.63, 3.8) is 0 Å². The van der Waals surface area contributed by atoms with Crippen LogP contribution in [-0.4, -0.2) is 5.75 Å². The Morgan fingerprint density at radius 3 is 2.79 bits per heavy atom. The molecule has 0 bridgehead atoms. The summed E-state index contributed by atoms with van der Waals surface area (Å²) in [5.41, 5.74) is 1.39. The lowest BCUT2D eigenvalue weighted by molar-refractivity contribution is 0.824. The summed E-state index contributed by atoms with van der Waals surface area (Å²) in [5, 5.41) is 0. The van der Waals surface area contributed by atoms with E-state index < -0.39 is 0 Å². The molecule has 1 rings (SSSR count). The predicted octanol–water partition coefficient (Wildman–Crippen LogP) is 4.44. The lowest BCUT2D eigenvalue weighted by atomic mass is 10.2. The molecule has 0 unspecified atom stereocenters. The van der Waals surface area contributed by atoms with Crippen LogP contribution in [0.2, 0.25) is 0 Å². The van der Waals surface area contributed by atoms with E-state index in [-0.39, 0.29) is 0 Å². The van der Waals surface area contributed by atoms with Crippen LogP contribution < -0.4 is 0 Å². The van der Waals surface area contributed by atoms with Crippen molar-refractivity contribution in [3.8, 4) is 0 Å². The summed E-state index contributed by atoms with van der Waals surface area (Å²) in [6.07, 6.45) is 5.69. The first kappa shape index (κ1) is 11.4. The minimum absolute atomic E-state index is 1.15. The van der Waals surface area contributed by atoms with Crippen molar-refractivity contribution in [2.24, 2.45) is 0 Å². The van der Waals surface area contributed by atoms with Gasteiger partial charge in [-0.1, -0.05) is 24.3 Å². The first-order valence-electron chi connectivity index (χ1n) is 5.14. The number of unbranched alkanes of at least 4 members (excludes halogenated alkanes) is 2. The SMILES string of the molecule is C=CCCCCSc1ccccc1C. The molecule has 0 aliphatic heterocycles. The molecule has 1 heteroatoms. The van der Waals surface area contributed by atoms with Gasteiger partial charge in [0.15, 0.2) is 0 Å². The van der Waals surface area contributed by atoms with E-state index >= 15 is 0 Å². The van der Waals surface area contributed by atoms with Crippen molar-refractivity contribution in [3.05, 3.63) is 42.5 Å². The van der Waals surface area contributed by atoms with E-state index in [0.29, 0.717) is 0 Å². The van der Waals surface area contributed by atoms with Gasteiger partial charge in [0.05, 0.1) is 0 Å². The van der Waals surface area contributed by atoms with Crippen LogP contribution >= 0.6 is 11.8 Å². The van der Waals surface area contributed by atoms with Crippen molar-refractivity contribution in [1.29, 1.82) is 0 Å². The zero-order chi connectivity index (χ0) is 10.2. The Morgan fingerprint density at radius 1 is 1.29 bits per heavy atom. The largest absolute Gasteiger partial charge is 0.126 e. The van der Waals surface area contributed by atoms with Gasteiger partial charge in [-0.15, -0.1) is 18.3 Å². The number of hydrogen-bond acceptors (Lipinski definition) is 1. The third-order valence-electron chi connectivity index (χ3n) is 2.15. The molecule has 0 atom stereocenters. The second-order valence-corrected chi connectivity index (χ2v) is 4.54. The molecule has 1 aromatic rings. The summed E-state index contributed by atoms with van der Waals surface area (Å²) in [7, 11) is 0. The average Bonchev–Trinajstić information content (AvgIpc) is 2.20. The highest BCUT2D eigenvalue weighted by molar-refractivity contribution is 7.99. The summed E-state index contributed by atoms with van der Waals surface area (Å²) in [6, 6.07) is 8.58. The number of rotatable bonds is 6. The van der Waals surface area contributed by atoms with Crippen LogP contribution in [0.1, 0.15) is 24.8 Å². The quantitative estimate of drug-likeness (QED) is 0.376. The minimum Gasteiger partial charge on any atom is -0.126 e. The van der Waals surface area contributed by atoms with Crippen LogP contribution in [0.15, 0.2) is 41.8 Å². The first-order valence-corrected chi connectivity index (χ1v) is 6.12. The van der Waals surface area contributed by atoms with Gasteiger partial charge in [-0.05, 0) is 43.6 Å². The van der Waals surface area contributed by atoms with Crippen molar-refractivity contribution < 1.29 is 0 Å². The molecule has 0 aromatic heterocycles. The van der Waals surface area contributed by atoms with Crippen molar-refractivity contribution in [2.75, 3.05) is 5.75 Å². The number of benzene rings is 1. The van der Waals surface area contributed by atoms with E-state index in [9.17, 15) is 0 Å². The molecule has 76 valence electrons. The van der Waals surface area contributed by atoms with E-state index in [1.807, 2.05) is 17.8 Å². The van der Waals surface area contributed by atoms with Crippen LogP contribution in [0.25, 0.3) is 0 Å². The van der Waals surface area contributed by atoms with E-state index in [2.05, 4.69) is 37.8 Å². The van der Waals surface area contributed by atoms with Gasteiger partial charge in [0, 0.05) is 4.90 Å². The van der Waals surface area contributed by atoms with E-state index in [1.54, 1.807) is 0 Å². The topological polar surface area (TPSA) is 0 Å². The fourth-order valence-electron chi connectivity index (χ4n) is 1.29. The lowest BCUT2D eigenvalue weighted by Crippen LogP contribution is -1.82. The number of aryl methyl sites for hydroxylation is 1. The van der Waals surface area contributed by atoms with Gasteiger partial charge < -0.3 is 0 Å². The smallest absolute Gasteiger partial charge is 0.0101 e. The molecule has 0 heterocycles. The predicted molar refractivity (Wildman–Crippen MR) is 66.0 cm³/mol. The van der Waals surface area contributed by atoms with E-state index in [0.717, 1.165) is 6.42 Å². The van der Waals surface area contributed by atoms with Crippen molar-refractivity contribution in [2.45, 2.75) is 31.1 Å². The molecule has 0 amide bonds. The van der Waals surface area contributed by atoms with Crippen LogP contribution in [-0.2, 0) is 0 Å². The van der Waals surface area contributed by atoms with Gasteiger partial charge >= 0.3 is 0 Å². The number of allylic oxidation sites excluding steroid dienone is 1. The fraction of sp³-hybridized carbons (Fsp3) is 0.385. The summed E-state index contributed by atoms with van der Waals surface area (Å²) >= 11 is 1.96. The Labute approximate surface area is 91.4 Å². The number of thioether (sulfide) groups is 1. The fourth-order valence-corrected chi connectivity index (χ4v) is 2.33. The molecule has 0 saturated carbocycles. The molecule has 0 fully saturated rings. The second-order valence-electron chi connectivity index (χ2n) is 3.40. The zero-order valence-electron chi connectivity index (χ0n) is 8.83. The molecule has 0 saturated heterocycles. The summed E-state index contributed by atoms with van der Waals surface area (Å²) in [5.74, 6) is 1.22. The Morgan fingerprint density at radius 2 is 2.07 bits per heavy atom. The molecular weight excluding hydrogens is 188 g/mol. The zero-order valence-corrected chi connectivity index (χ0v) is 9.65. The van der Waals surface area contributed by atoms with Crippen LogP contribution in [0, 0.1) is 6.92 Å². The highest BCUT2D eigenvalue weighted by atomic mass is 32.2. The highest BCUT2D eigenvalue weighted by Crippen LogP contribution is 2.22. The minimum atomic E-state index is 1.15.